The van der Waals surface area contributed by atoms with Crippen LogP contribution in [-0.2, 0) is 14.3 Å². The lowest BCUT2D eigenvalue weighted by molar-refractivity contribution is -0.141. The lowest BCUT2D eigenvalue weighted by Crippen LogP contribution is -2.34. The minimum atomic E-state index is -0.626. The van der Waals surface area contributed by atoms with Crippen LogP contribution in [0, 0.1) is 0 Å². The molecule has 3 N–H and O–H groups in total. The van der Waals surface area contributed by atoms with Gasteiger partial charge in [0.2, 0.25) is 0 Å². The van der Waals surface area contributed by atoms with Crippen molar-refractivity contribution in [2.45, 2.75) is 19.1 Å². The zero-order valence-corrected chi connectivity index (χ0v) is 9.96. The number of rotatable bonds is 8. The summed E-state index contributed by atoms with van der Waals surface area (Å²) in [6.45, 7) is 2.77. The Morgan fingerprint density at radius 1 is 1.53 bits per heavy atom. The molecule has 0 bridgehead atoms. The summed E-state index contributed by atoms with van der Waals surface area (Å²) in [7, 11) is 1.30. The molecule has 0 aliphatic heterocycles. The van der Waals surface area contributed by atoms with E-state index in [1.165, 1.54) is 18.9 Å². The highest BCUT2D eigenvalue weighted by Crippen LogP contribution is 2.05. The summed E-state index contributed by atoms with van der Waals surface area (Å²) in [5.41, 5.74) is 5.51. The second-order valence-electron chi connectivity index (χ2n) is 2.98. The molecule has 2 atom stereocenters. The predicted octanol–water partition coefficient (Wildman–Crippen LogP) is -0.383. The van der Waals surface area contributed by atoms with Gasteiger partial charge in [-0.3, -0.25) is 4.79 Å². The number of hydrogen-bond donors (Lipinski definition) is 2. The van der Waals surface area contributed by atoms with E-state index in [9.17, 15) is 9.90 Å². The zero-order valence-electron chi connectivity index (χ0n) is 9.14. The van der Waals surface area contributed by atoms with E-state index in [4.69, 9.17) is 10.5 Å². The van der Waals surface area contributed by atoms with Crippen LogP contribution < -0.4 is 5.73 Å². The summed E-state index contributed by atoms with van der Waals surface area (Å²) in [5, 5.41) is 9.39. The first kappa shape index (κ1) is 14.7. The number of carbonyl (C=O) groups is 1. The molecule has 0 fully saturated rings. The maximum atomic E-state index is 10.9. The van der Waals surface area contributed by atoms with Gasteiger partial charge in [0.1, 0.15) is 6.04 Å². The fraction of sp³-hybridized carbons (Fsp3) is 0.889. The van der Waals surface area contributed by atoms with Crippen molar-refractivity contribution in [2.24, 2.45) is 5.73 Å². The maximum absolute atomic E-state index is 10.9. The van der Waals surface area contributed by atoms with Crippen LogP contribution in [0.3, 0.4) is 0 Å². The molecule has 0 aliphatic carbocycles. The van der Waals surface area contributed by atoms with Crippen LogP contribution in [0.2, 0.25) is 0 Å². The molecular weight excluding hydrogens is 218 g/mol. The van der Waals surface area contributed by atoms with Crippen LogP contribution in [0.1, 0.15) is 6.92 Å². The number of nitrogens with two attached hydrogens (primary N) is 1. The van der Waals surface area contributed by atoms with Gasteiger partial charge in [-0.2, -0.15) is 11.8 Å². The van der Waals surface area contributed by atoms with Crippen molar-refractivity contribution >= 4 is 17.7 Å². The third-order valence-corrected chi connectivity index (χ3v) is 2.84. The van der Waals surface area contributed by atoms with E-state index in [2.05, 4.69) is 4.74 Å². The van der Waals surface area contributed by atoms with E-state index in [0.29, 0.717) is 24.7 Å². The van der Waals surface area contributed by atoms with Gasteiger partial charge in [0.25, 0.3) is 0 Å². The molecule has 5 nitrogen and oxygen atoms in total. The number of ether oxygens (including phenoxy) is 2. The van der Waals surface area contributed by atoms with Gasteiger partial charge >= 0.3 is 5.97 Å². The van der Waals surface area contributed by atoms with Crippen LogP contribution in [0.4, 0.5) is 0 Å². The van der Waals surface area contributed by atoms with Crippen molar-refractivity contribution in [1.29, 1.82) is 0 Å². The average Bonchev–Trinajstić information content (AvgIpc) is 2.24. The lowest BCUT2D eigenvalue weighted by atomic mass is 10.4. The quantitative estimate of drug-likeness (QED) is 0.560. The van der Waals surface area contributed by atoms with E-state index in [1.54, 1.807) is 0 Å². The van der Waals surface area contributed by atoms with Crippen LogP contribution in [-0.4, -0.2) is 55.1 Å². The molecule has 0 radical (unpaired) electrons. The van der Waals surface area contributed by atoms with E-state index >= 15 is 0 Å². The van der Waals surface area contributed by atoms with E-state index in [1.807, 2.05) is 6.92 Å². The third kappa shape index (κ3) is 7.61. The molecule has 15 heavy (non-hydrogen) atoms. The second kappa shape index (κ2) is 8.96. The van der Waals surface area contributed by atoms with Crippen molar-refractivity contribution < 1.29 is 19.4 Å². The molecule has 0 heterocycles. The van der Waals surface area contributed by atoms with Crippen molar-refractivity contribution in [1.82, 2.24) is 0 Å². The van der Waals surface area contributed by atoms with Crippen molar-refractivity contribution in [3.05, 3.63) is 0 Å². The Bertz CT molecular complexity index is 179. The minimum Gasteiger partial charge on any atom is -0.468 e. The molecule has 0 spiro atoms. The molecule has 2 unspecified atom stereocenters. The zero-order chi connectivity index (χ0) is 11.7. The molecule has 0 aromatic carbocycles. The molecule has 0 saturated carbocycles. The largest absolute Gasteiger partial charge is 0.468 e. The first-order valence-corrected chi connectivity index (χ1v) is 5.94. The topological polar surface area (TPSA) is 81.8 Å². The standard InChI is InChI=1S/C9H19NO4S/c1-3-14-4-7(11)5-15-6-8(10)9(12)13-2/h7-8,11H,3-6,10H2,1-2H3. The predicted molar refractivity (Wildman–Crippen MR) is 59.8 cm³/mol. The molecule has 0 aromatic rings. The van der Waals surface area contributed by atoms with Gasteiger partial charge < -0.3 is 20.3 Å². The van der Waals surface area contributed by atoms with E-state index < -0.39 is 18.1 Å². The Morgan fingerprint density at radius 3 is 2.73 bits per heavy atom. The van der Waals surface area contributed by atoms with Gasteiger partial charge in [0.05, 0.1) is 19.8 Å². The van der Waals surface area contributed by atoms with Crippen LogP contribution in [0.25, 0.3) is 0 Å². The van der Waals surface area contributed by atoms with Gasteiger partial charge in [-0.05, 0) is 6.92 Å². The Hall–Kier alpha value is -0.300. The Balaban J connectivity index is 3.47. The fourth-order valence-electron chi connectivity index (χ4n) is 0.852. The Kier molecular flexibility index (Phi) is 8.79. The highest BCUT2D eigenvalue weighted by atomic mass is 32.2. The summed E-state index contributed by atoms with van der Waals surface area (Å²) in [5.74, 6) is 0.516. The molecule has 90 valence electrons. The lowest BCUT2D eigenvalue weighted by Gasteiger charge is -2.12. The van der Waals surface area contributed by atoms with Gasteiger partial charge in [0.15, 0.2) is 0 Å². The van der Waals surface area contributed by atoms with E-state index in [-0.39, 0.29) is 0 Å². The molecule has 0 amide bonds. The molecular formula is C9H19NO4S. The first-order chi connectivity index (χ1) is 7.11. The normalized spacial score (nSPS) is 14.7. The van der Waals surface area contributed by atoms with Crippen LogP contribution in [0.5, 0.6) is 0 Å². The van der Waals surface area contributed by atoms with E-state index in [0.717, 1.165) is 0 Å². The van der Waals surface area contributed by atoms with Gasteiger partial charge in [-0.15, -0.1) is 0 Å². The molecule has 0 rings (SSSR count). The van der Waals surface area contributed by atoms with Gasteiger partial charge in [-0.25, -0.2) is 0 Å². The smallest absolute Gasteiger partial charge is 0.323 e. The summed E-state index contributed by atoms with van der Waals surface area (Å²) in [6, 6.07) is -0.626. The maximum Gasteiger partial charge on any atom is 0.323 e. The number of aliphatic hydroxyl groups is 1. The van der Waals surface area contributed by atoms with Crippen molar-refractivity contribution in [2.75, 3.05) is 31.8 Å². The Morgan fingerprint density at radius 2 is 2.20 bits per heavy atom. The highest BCUT2D eigenvalue weighted by molar-refractivity contribution is 7.99. The van der Waals surface area contributed by atoms with Crippen LogP contribution in [0.15, 0.2) is 0 Å². The van der Waals surface area contributed by atoms with Gasteiger partial charge in [-0.1, -0.05) is 0 Å². The second-order valence-corrected chi connectivity index (χ2v) is 4.06. The SMILES string of the molecule is CCOCC(O)CSCC(N)C(=O)OC. The summed E-state index contributed by atoms with van der Waals surface area (Å²) < 4.78 is 9.51. The number of hydrogen-bond acceptors (Lipinski definition) is 6. The average molecular weight is 237 g/mol. The number of carbonyl (C=O) groups excluding carboxylic acids is 1. The Labute approximate surface area is 94.3 Å². The van der Waals surface area contributed by atoms with Crippen molar-refractivity contribution in [3.8, 4) is 0 Å². The number of esters is 1. The number of methoxy groups -OCH3 is 1. The summed E-state index contributed by atoms with van der Waals surface area (Å²) in [6.07, 6.45) is -0.514. The third-order valence-electron chi connectivity index (χ3n) is 1.63. The molecule has 0 saturated heterocycles. The summed E-state index contributed by atoms with van der Waals surface area (Å²) in [4.78, 5) is 10.9. The van der Waals surface area contributed by atoms with Crippen LogP contribution >= 0.6 is 11.8 Å². The van der Waals surface area contributed by atoms with Crippen molar-refractivity contribution in [3.63, 3.8) is 0 Å². The molecule has 0 aromatic heterocycles. The number of aliphatic hydroxyl groups excluding tert-OH is 1. The summed E-state index contributed by atoms with van der Waals surface area (Å²) >= 11 is 1.41. The number of thioether (sulfide) groups is 1. The molecule has 0 aliphatic rings. The molecule has 6 heteroatoms. The van der Waals surface area contributed by atoms with Gasteiger partial charge in [0, 0.05) is 18.1 Å². The monoisotopic (exact) mass is 237 g/mol. The highest BCUT2D eigenvalue weighted by Gasteiger charge is 2.14. The first-order valence-electron chi connectivity index (χ1n) is 4.78. The fourth-order valence-corrected chi connectivity index (χ4v) is 1.75. The minimum absolute atomic E-state index is 0.316.